The third-order valence-electron chi connectivity index (χ3n) is 2.20. The number of nitrogen functional groups attached to an aromatic ring is 1. The molecule has 1 aromatic carbocycles. The molecular weight excluding hydrogens is 274 g/mol. The van der Waals surface area contributed by atoms with Gasteiger partial charge in [-0.25, -0.2) is 8.42 Å². The summed E-state index contributed by atoms with van der Waals surface area (Å²) >= 11 is 5.77. The van der Waals surface area contributed by atoms with Crippen molar-refractivity contribution in [3.8, 4) is 0 Å². The van der Waals surface area contributed by atoms with E-state index in [0.717, 1.165) is 0 Å². The van der Waals surface area contributed by atoms with Crippen molar-refractivity contribution in [3.63, 3.8) is 0 Å². The Hall–Kier alpha value is -1.79. The van der Waals surface area contributed by atoms with Crippen LogP contribution in [0.4, 0.5) is 11.4 Å². The number of aromatic nitrogens is 1. The van der Waals surface area contributed by atoms with Gasteiger partial charge in [-0.3, -0.25) is 9.71 Å². The SMILES string of the molecule is Nc1ccc(Cl)cc1S(=O)(=O)Nc1ccncc1. The lowest BCUT2D eigenvalue weighted by Crippen LogP contribution is -2.14. The Morgan fingerprint density at radius 1 is 1.17 bits per heavy atom. The van der Waals surface area contributed by atoms with Crippen LogP contribution in [-0.4, -0.2) is 13.4 Å². The molecule has 0 fully saturated rings. The molecule has 0 saturated heterocycles. The van der Waals surface area contributed by atoms with Crippen LogP contribution in [0, 0.1) is 0 Å². The van der Waals surface area contributed by atoms with E-state index in [0.29, 0.717) is 10.7 Å². The summed E-state index contributed by atoms with van der Waals surface area (Å²) < 4.78 is 26.6. The van der Waals surface area contributed by atoms with Crippen LogP contribution in [-0.2, 0) is 10.0 Å². The monoisotopic (exact) mass is 283 g/mol. The molecule has 0 amide bonds. The molecule has 1 aromatic heterocycles. The Labute approximate surface area is 110 Å². The van der Waals surface area contributed by atoms with E-state index in [9.17, 15) is 8.42 Å². The van der Waals surface area contributed by atoms with Crippen molar-refractivity contribution in [2.75, 3.05) is 10.5 Å². The van der Waals surface area contributed by atoms with Crippen molar-refractivity contribution in [2.45, 2.75) is 4.90 Å². The fourth-order valence-corrected chi connectivity index (χ4v) is 2.82. The van der Waals surface area contributed by atoms with Crippen LogP contribution in [0.2, 0.25) is 5.02 Å². The smallest absolute Gasteiger partial charge is 0.263 e. The highest BCUT2D eigenvalue weighted by molar-refractivity contribution is 7.92. The first kappa shape index (κ1) is 12.7. The molecule has 94 valence electrons. The highest BCUT2D eigenvalue weighted by Crippen LogP contribution is 2.24. The highest BCUT2D eigenvalue weighted by atomic mass is 35.5. The zero-order valence-electron chi connectivity index (χ0n) is 9.17. The van der Waals surface area contributed by atoms with Crippen LogP contribution in [0.25, 0.3) is 0 Å². The van der Waals surface area contributed by atoms with Crippen LogP contribution in [0.5, 0.6) is 0 Å². The normalized spacial score (nSPS) is 11.2. The number of nitrogens with one attached hydrogen (secondary N) is 1. The Morgan fingerprint density at radius 3 is 2.50 bits per heavy atom. The summed E-state index contributed by atoms with van der Waals surface area (Å²) in [6, 6.07) is 7.36. The van der Waals surface area contributed by atoms with E-state index in [2.05, 4.69) is 9.71 Å². The van der Waals surface area contributed by atoms with Gasteiger partial charge >= 0.3 is 0 Å². The van der Waals surface area contributed by atoms with Crippen molar-refractivity contribution in [1.29, 1.82) is 0 Å². The van der Waals surface area contributed by atoms with Gasteiger partial charge in [0, 0.05) is 17.4 Å². The largest absolute Gasteiger partial charge is 0.398 e. The lowest BCUT2D eigenvalue weighted by atomic mass is 10.3. The molecule has 7 heteroatoms. The minimum atomic E-state index is -3.75. The average molecular weight is 284 g/mol. The van der Waals surface area contributed by atoms with Gasteiger partial charge in [-0.05, 0) is 30.3 Å². The number of pyridine rings is 1. The van der Waals surface area contributed by atoms with Crippen molar-refractivity contribution in [2.24, 2.45) is 0 Å². The van der Waals surface area contributed by atoms with Gasteiger partial charge in [-0.1, -0.05) is 11.6 Å². The number of sulfonamides is 1. The van der Waals surface area contributed by atoms with Crippen LogP contribution < -0.4 is 10.5 Å². The first-order valence-electron chi connectivity index (χ1n) is 4.97. The third kappa shape index (κ3) is 2.72. The number of rotatable bonds is 3. The Bertz CT molecular complexity index is 659. The molecule has 0 spiro atoms. The number of anilines is 2. The van der Waals surface area contributed by atoms with E-state index in [1.54, 1.807) is 0 Å². The lowest BCUT2D eigenvalue weighted by molar-refractivity contribution is 0.601. The van der Waals surface area contributed by atoms with Gasteiger partial charge in [0.15, 0.2) is 0 Å². The molecule has 0 radical (unpaired) electrons. The van der Waals surface area contributed by atoms with E-state index in [-0.39, 0.29) is 10.6 Å². The van der Waals surface area contributed by atoms with Crippen LogP contribution in [0.1, 0.15) is 0 Å². The molecule has 0 atom stereocenters. The lowest BCUT2D eigenvalue weighted by Gasteiger charge is -2.10. The van der Waals surface area contributed by atoms with Gasteiger partial charge in [0.25, 0.3) is 10.0 Å². The molecule has 0 saturated carbocycles. The first-order chi connectivity index (χ1) is 8.49. The van der Waals surface area contributed by atoms with Crippen molar-refractivity contribution in [3.05, 3.63) is 47.7 Å². The van der Waals surface area contributed by atoms with E-state index in [1.807, 2.05) is 0 Å². The molecule has 0 unspecified atom stereocenters. The molecule has 2 rings (SSSR count). The van der Waals surface area contributed by atoms with Crippen molar-refractivity contribution in [1.82, 2.24) is 4.98 Å². The highest BCUT2D eigenvalue weighted by Gasteiger charge is 2.17. The van der Waals surface area contributed by atoms with Crippen LogP contribution in [0.3, 0.4) is 0 Å². The minimum Gasteiger partial charge on any atom is -0.398 e. The second kappa shape index (κ2) is 4.83. The zero-order valence-corrected chi connectivity index (χ0v) is 10.7. The maximum Gasteiger partial charge on any atom is 0.263 e. The average Bonchev–Trinajstić information content (AvgIpc) is 2.33. The number of hydrogen-bond acceptors (Lipinski definition) is 4. The summed E-state index contributed by atoms with van der Waals surface area (Å²) in [5, 5.41) is 0.305. The molecule has 2 aromatic rings. The Balaban J connectivity index is 2.40. The van der Waals surface area contributed by atoms with Crippen molar-refractivity contribution < 1.29 is 8.42 Å². The molecule has 0 aliphatic heterocycles. The predicted octanol–water partition coefficient (Wildman–Crippen LogP) is 2.12. The van der Waals surface area contributed by atoms with Gasteiger partial charge in [-0.15, -0.1) is 0 Å². The fourth-order valence-electron chi connectivity index (χ4n) is 1.37. The maximum atomic E-state index is 12.1. The van der Waals surface area contributed by atoms with E-state index < -0.39 is 10.0 Å². The fraction of sp³-hybridized carbons (Fsp3) is 0. The zero-order chi connectivity index (χ0) is 13.2. The molecule has 5 nitrogen and oxygen atoms in total. The van der Waals surface area contributed by atoms with Crippen LogP contribution in [0.15, 0.2) is 47.6 Å². The maximum absolute atomic E-state index is 12.1. The molecule has 18 heavy (non-hydrogen) atoms. The molecular formula is C11H10ClN3O2S. The van der Waals surface area contributed by atoms with Gasteiger partial charge in [0.1, 0.15) is 4.90 Å². The van der Waals surface area contributed by atoms with Gasteiger partial charge in [-0.2, -0.15) is 0 Å². The molecule has 3 N–H and O–H groups in total. The number of hydrogen-bond donors (Lipinski definition) is 2. The summed E-state index contributed by atoms with van der Waals surface area (Å²) in [4.78, 5) is 3.75. The standard InChI is InChI=1S/C11H10ClN3O2S/c12-8-1-2-10(13)11(7-8)18(16,17)15-9-3-5-14-6-4-9/h1-7H,13H2,(H,14,15). The summed E-state index contributed by atoms with van der Waals surface area (Å²) in [5.74, 6) is 0. The summed E-state index contributed by atoms with van der Waals surface area (Å²) in [7, 11) is -3.75. The van der Waals surface area contributed by atoms with Gasteiger partial charge in [0.05, 0.1) is 11.4 Å². The van der Waals surface area contributed by atoms with Crippen LogP contribution >= 0.6 is 11.6 Å². The van der Waals surface area contributed by atoms with E-state index in [1.165, 1.54) is 42.7 Å². The number of nitrogens with two attached hydrogens (primary N) is 1. The number of benzene rings is 1. The first-order valence-corrected chi connectivity index (χ1v) is 6.83. The molecule has 1 heterocycles. The quantitative estimate of drug-likeness (QED) is 0.845. The third-order valence-corrected chi connectivity index (χ3v) is 3.87. The second-order valence-electron chi connectivity index (χ2n) is 3.52. The Kier molecular flexibility index (Phi) is 3.40. The summed E-state index contributed by atoms with van der Waals surface area (Å²) in [6.07, 6.45) is 2.97. The molecule has 0 bridgehead atoms. The number of nitrogens with zero attached hydrogens (tertiary/aromatic N) is 1. The van der Waals surface area contributed by atoms with Crippen molar-refractivity contribution >= 4 is 33.0 Å². The minimum absolute atomic E-state index is 0.0492. The summed E-state index contributed by atoms with van der Waals surface area (Å²) in [5.41, 5.74) is 6.19. The van der Waals surface area contributed by atoms with E-state index >= 15 is 0 Å². The van der Waals surface area contributed by atoms with E-state index in [4.69, 9.17) is 17.3 Å². The Morgan fingerprint density at radius 2 is 1.83 bits per heavy atom. The molecule has 0 aliphatic carbocycles. The second-order valence-corrected chi connectivity index (χ2v) is 5.61. The topological polar surface area (TPSA) is 85.1 Å². The molecule has 0 aliphatic rings. The van der Waals surface area contributed by atoms with Gasteiger partial charge in [0.2, 0.25) is 0 Å². The summed E-state index contributed by atoms with van der Waals surface area (Å²) in [6.45, 7) is 0. The number of halogens is 1. The van der Waals surface area contributed by atoms with Gasteiger partial charge < -0.3 is 5.73 Å². The predicted molar refractivity (Wildman–Crippen MR) is 70.9 cm³/mol.